The van der Waals surface area contributed by atoms with Crippen LogP contribution in [0.5, 0.6) is 0 Å². The van der Waals surface area contributed by atoms with Crippen molar-refractivity contribution in [3.05, 3.63) is 21.5 Å². The average Bonchev–Trinajstić information content (AvgIpc) is 2.60. The maximum absolute atomic E-state index is 13.8. The highest BCUT2D eigenvalue weighted by Gasteiger charge is 2.64. The van der Waals surface area contributed by atoms with Gasteiger partial charge in [0.25, 0.3) is 0 Å². The van der Waals surface area contributed by atoms with E-state index in [9.17, 15) is 4.39 Å². The normalized spacial score (nSPS) is 20.5. The third-order valence-corrected chi connectivity index (χ3v) is 6.33. The van der Waals surface area contributed by atoms with Gasteiger partial charge in [0.15, 0.2) is 0 Å². The minimum absolute atomic E-state index is 0.214. The van der Waals surface area contributed by atoms with Crippen LogP contribution in [0, 0.1) is 26.1 Å². The van der Waals surface area contributed by atoms with Gasteiger partial charge in [-0.15, -0.1) is 0 Å². The fourth-order valence-corrected chi connectivity index (χ4v) is 3.75. The van der Waals surface area contributed by atoms with Gasteiger partial charge in [-0.3, -0.25) is 0 Å². The molecule has 1 saturated carbocycles. The molecule has 1 aliphatic carbocycles. The van der Waals surface area contributed by atoms with Crippen molar-refractivity contribution in [1.29, 1.82) is 0 Å². The molecule has 0 spiro atoms. The number of aromatic nitrogens is 2. The van der Waals surface area contributed by atoms with E-state index in [-0.39, 0.29) is 16.6 Å². The number of imidazole rings is 1. The molecule has 0 bridgehead atoms. The van der Waals surface area contributed by atoms with E-state index < -0.39 is 0 Å². The Balaban J connectivity index is 2.05. The molecule has 108 valence electrons. The van der Waals surface area contributed by atoms with Crippen LogP contribution in [0.3, 0.4) is 0 Å². The van der Waals surface area contributed by atoms with E-state index in [0.717, 1.165) is 17.6 Å². The van der Waals surface area contributed by atoms with Gasteiger partial charge >= 0.3 is 0 Å². The molecule has 0 atom stereocenters. The number of fused-ring (bicyclic) bond motifs is 1. The second-order valence-electron chi connectivity index (χ2n) is 6.83. The number of rotatable bonds is 2. The monoisotopic (exact) mass is 387 g/mol. The number of hydrogen-bond acceptors (Lipinski definition) is 2. The predicted molar refractivity (Wildman–Crippen MR) is 87.9 cm³/mol. The van der Waals surface area contributed by atoms with Crippen LogP contribution in [0.15, 0.2) is 12.1 Å². The standard InChI is InChI=1S/C15H19FIN3/c1-14(2)12(15(14,3)4)7-20-11-5-8(16)9(17)6-10(11)19-13(20)18/h5-6,12H,7H2,1-4H3,(H2,18,19). The van der Waals surface area contributed by atoms with Gasteiger partial charge in [0.2, 0.25) is 5.95 Å². The van der Waals surface area contributed by atoms with Crippen LogP contribution >= 0.6 is 22.6 Å². The quantitative estimate of drug-likeness (QED) is 0.791. The summed E-state index contributed by atoms with van der Waals surface area (Å²) in [5.41, 5.74) is 8.14. The molecule has 0 unspecified atom stereocenters. The van der Waals surface area contributed by atoms with Crippen molar-refractivity contribution in [2.75, 3.05) is 5.73 Å². The summed E-state index contributed by atoms with van der Waals surface area (Å²) < 4.78 is 16.3. The van der Waals surface area contributed by atoms with Crippen LogP contribution in [-0.4, -0.2) is 9.55 Å². The lowest BCUT2D eigenvalue weighted by Crippen LogP contribution is -2.08. The Morgan fingerprint density at radius 3 is 2.45 bits per heavy atom. The molecular weight excluding hydrogens is 368 g/mol. The van der Waals surface area contributed by atoms with Crippen LogP contribution in [0.2, 0.25) is 0 Å². The van der Waals surface area contributed by atoms with E-state index in [1.54, 1.807) is 12.1 Å². The number of nitrogens with two attached hydrogens (primary N) is 1. The summed E-state index contributed by atoms with van der Waals surface area (Å²) in [6, 6.07) is 3.30. The molecule has 1 heterocycles. The summed E-state index contributed by atoms with van der Waals surface area (Å²) in [6.07, 6.45) is 0. The zero-order chi connectivity index (χ0) is 14.9. The number of hydrogen-bond donors (Lipinski definition) is 1. The second-order valence-corrected chi connectivity index (χ2v) is 7.99. The minimum Gasteiger partial charge on any atom is -0.369 e. The highest BCUT2D eigenvalue weighted by molar-refractivity contribution is 14.1. The van der Waals surface area contributed by atoms with Crippen molar-refractivity contribution in [3.8, 4) is 0 Å². The number of anilines is 1. The van der Waals surface area contributed by atoms with Crippen molar-refractivity contribution in [2.45, 2.75) is 34.2 Å². The number of halogens is 2. The Bertz CT molecular complexity index is 689. The Hall–Kier alpha value is -0.850. The molecule has 1 aromatic carbocycles. The van der Waals surface area contributed by atoms with Gasteiger partial charge in [0, 0.05) is 12.6 Å². The van der Waals surface area contributed by atoms with E-state index in [2.05, 4.69) is 32.7 Å². The summed E-state index contributed by atoms with van der Waals surface area (Å²) in [5.74, 6) is 0.783. The molecular formula is C15H19FIN3. The van der Waals surface area contributed by atoms with Crippen molar-refractivity contribution < 1.29 is 4.39 Å². The number of nitrogen functional groups attached to an aromatic ring is 1. The first kappa shape index (κ1) is 14.1. The lowest BCUT2D eigenvalue weighted by atomic mass is 10.0. The van der Waals surface area contributed by atoms with E-state index >= 15 is 0 Å². The van der Waals surface area contributed by atoms with Gasteiger partial charge in [-0.2, -0.15) is 0 Å². The fraction of sp³-hybridized carbons (Fsp3) is 0.533. The predicted octanol–water partition coefficient (Wildman–Crippen LogP) is 4.04. The SMILES string of the molecule is CC1(C)C(Cn2c(N)nc3cc(I)c(F)cc32)C1(C)C. The van der Waals surface area contributed by atoms with Crippen molar-refractivity contribution >= 4 is 39.6 Å². The molecule has 20 heavy (non-hydrogen) atoms. The maximum Gasteiger partial charge on any atom is 0.201 e. The van der Waals surface area contributed by atoms with Gasteiger partial charge in [0.05, 0.1) is 14.6 Å². The van der Waals surface area contributed by atoms with Gasteiger partial charge in [-0.25, -0.2) is 9.37 Å². The van der Waals surface area contributed by atoms with E-state index in [1.165, 1.54) is 0 Å². The number of benzene rings is 1. The smallest absolute Gasteiger partial charge is 0.201 e. The first-order valence-electron chi connectivity index (χ1n) is 6.77. The summed E-state index contributed by atoms with van der Waals surface area (Å²) in [6.45, 7) is 9.89. The summed E-state index contributed by atoms with van der Waals surface area (Å²) >= 11 is 1.98. The van der Waals surface area contributed by atoms with Crippen LogP contribution in [0.25, 0.3) is 11.0 Å². The molecule has 1 fully saturated rings. The Labute approximate surface area is 131 Å². The molecule has 1 aliphatic rings. The lowest BCUT2D eigenvalue weighted by Gasteiger charge is -2.08. The molecule has 0 amide bonds. The Morgan fingerprint density at radius 2 is 1.90 bits per heavy atom. The molecule has 0 aliphatic heterocycles. The second kappa shape index (κ2) is 4.08. The third-order valence-electron chi connectivity index (χ3n) is 5.50. The highest BCUT2D eigenvalue weighted by Crippen LogP contribution is 2.69. The largest absolute Gasteiger partial charge is 0.369 e. The topological polar surface area (TPSA) is 43.8 Å². The zero-order valence-electron chi connectivity index (χ0n) is 12.2. The maximum atomic E-state index is 13.8. The third kappa shape index (κ3) is 1.78. The van der Waals surface area contributed by atoms with Gasteiger partial charge in [0.1, 0.15) is 5.82 Å². The van der Waals surface area contributed by atoms with Gasteiger partial charge in [-0.1, -0.05) is 27.7 Å². The van der Waals surface area contributed by atoms with Crippen LogP contribution in [-0.2, 0) is 6.54 Å². The molecule has 2 N–H and O–H groups in total. The van der Waals surface area contributed by atoms with Crippen LogP contribution in [0.4, 0.5) is 10.3 Å². The molecule has 0 radical (unpaired) electrons. The summed E-state index contributed by atoms with van der Waals surface area (Å²) in [5, 5.41) is 0. The Morgan fingerprint density at radius 1 is 1.30 bits per heavy atom. The minimum atomic E-state index is -0.214. The fourth-order valence-electron chi connectivity index (χ4n) is 3.30. The van der Waals surface area contributed by atoms with Crippen molar-refractivity contribution in [1.82, 2.24) is 9.55 Å². The molecule has 3 nitrogen and oxygen atoms in total. The first-order chi connectivity index (χ1) is 9.16. The van der Waals surface area contributed by atoms with Gasteiger partial charge < -0.3 is 10.3 Å². The molecule has 0 saturated heterocycles. The Kier molecular flexibility index (Phi) is 2.88. The summed E-state index contributed by atoms with van der Waals surface area (Å²) in [7, 11) is 0. The van der Waals surface area contributed by atoms with Crippen LogP contribution in [0.1, 0.15) is 27.7 Å². The molecule has 3 rings (SSSR count). The lowest BCUT2D eigenvalue weighted by molar-refractivity contribution is 0.457. The first-order valence-corrected chi connectivity index (χ1v) is 7.85. The molecule has 2 aromatic rings. The molecule has 5 heteroatoms. The van der Waals surface area contributed by atoms with Crippen molar-refractivity contribution in [3.63, 3.8) is 0 Å². The van der Waals surface area contributed by atoms with Gasteiger partial charge in [-0.05, 0) is 45.4 Å². The molecule has 1 aromatic heterocycles. The highest BCUT2D eigenvalue weighted by atomic mass is 127. The van der Waals surface area contributed by atoms with E-state index in [1.807, 2.05) is 27.2 Å². The van der Waals surface area contributed by atoms with E-state index in [0.29, 0.717) is 15.4 Å². The van der Waals surface area contributed by atoms with Crippen LogP contribution < -0.4 is 5.73 Å². The number of nitrogens with zero attached hydrogens (tertiary/aromatic N) is 2. The van der Waals surface area contributed by atoms with E-state index in [4.69, 9.17) is 5.73 Å². The average molecular weight is 387 g/mol. The zero-order valence-corrected chi connectivity index (χ0v) is 14.3. The van der Waals surface area contributed by atoms with Crippen molar-refractivity contribution in [2.24, 2.45) is 16.7 Å². The summed E-state index contributed by atoms with van der Waals surface area (Å²) in [4.78, 5) is 4.36.